The minimum atomic E-state index is 0.684. The summed E-state index contributed by atoms with van der Waals surface area (Å²) in [6.07, 6.45) is 4.81. The molecule has 1 N–H and O–H groups in total. The first-order chi connectivity index (χ1) is 11.3. The molecule has 5 nitrogen and oxygen atoms in total. The molecule has 0 saturated carbocycles. The summed E-state index contributed by atoms with van der Waals surface area (Å²) in [4.78, 5) is 2.34. The van der Waals surface area contributed by atoms with Gasteiger partial charge in [0.1, 0.15) is 11.5 Å². The highest BCUT2D eigenvalue weighted by Crippen LogP contribution is 2.26. The lowest BCUT2D eigenvalue weighted by Gasteiger charge is -2.40. The predicted molar refractivity (Wildman–Crippen MR) is 89.5 cm³/mol. The number of rotatable bonds is 5. The first-order valence-electron chi connectivity index (χ1n) is 8.64. The molecule has 0 atom stereocenters. The van der Waals surface area contributed by atoms with Gasteiger partial charge in [-0.2, -0.15) is 5.10 Å². The number of fused-ring (bicyclic) bond motifs is 1. The van der Waals surface area contributed by atoms with Crippen molar-refractivity contribution in [1.82, 2.24) is 15.5 Å². The third-order valence-corrected chi connectivity index (χ3v) is 4.87. The van der Waals surface area contributed by atoms with Crippen LogP contribution >= 0.6 is 0 Å². The zero-order chi connectivity index (χ0) is 15.6. The number of nitrogens with one attached hydrogen (secondary N) is 1. The number of aromatic nitrogens is 2. The van der Waals surface area contributed by atoms with Crippen LogP contribution in [0.15, 0.2) is 22.6 Å². The van der Waals surface area contributed by atoms with Crippen LogP contribution in [0, 0.1) is 12.8 Å². The Hall–Kier alpha value is -1.88. The zero-order valence-corrected chi connectivity index (χ0v) is 13.7. The number of anilines is 1. The van der Waals surface area contributed by atoms with E-state index >= 15 is 0 Å². The Kier molecular flexibility index (Phi) is 4.04. The van der Waals surface area contributed by atoms with E-state index < -0.39 is 0 Å². The minimum absolute atomic E-state index is 0.684. The van der Waals surface area contributed by atoms with Crippen molar-refractivity contribution < 1.29 is 4.42 Å². The van der Waals surface area contributed by atoms with Crippen LogP contribution in [0.4, 0.5) is 5.82 Å². The van der Waals surface area contributed by atoms with Crippen LogP contribution in [-0.4, -0.2) is 29.8 Å². The van der Waals surface area contributed by atoms with E-state index in [0.29, 0.717) is 5.92 Å². The van der Waals surface area contributed by atoms with Gasteiger partial charge in [0.2, 0.25) is 0 Å². The van der Waals surface area contributed by atoms with Crippen molar-refractivity contribution in [2.45, 2.75) is 39.2 Å². The quantitative estimate of drug-likeness (QED) is 0.919. The SMILES string of the molecule is Cc1ccc(CNCC2CN(c3cc4c(nn3)CCCC4)C2)o1. The highest BCUT2D eigenvalue weighted by atomic mass is 16.3. The Labute approximate surface area is 137 Å². The molecular weight excluding hydrogens is 288 g/mol. The van der Waals surface area contributed by atoms with E-state index in [1.807, 2.05) is 19.1 Å². The van der Waals surface area contributed by atoms with E-state index in [4.69, 9.17) is 4.42 Å². The van der Waals surface area contributed by atoms with Crippen molar-refractivity contribution in [1.29, 1.82) is 0 Å². The lowest BCUT2D eigenvalue weighted by atomic mass is 9.95. The van der Waals surface area contributed by atoms with Gasteiger partial charge in [-0.3, -0.25) is 0 Å². The molecule has 2 aromatic heterocycles. The van der Waals surface area contributed by atoms with Crippen LogP contribution in [0.3, 0.4) is 0 Å². The Balaban J connectivity index is 1.25. The van der Waals surface area contributed by atoms with E-state index in [1.165, 1.54) is 30.5 Å². The molecule has 2 aromatic rings. The van der Waals surface area contributed by atoms with E-state index in [1.54, 1.807) is 0 Å². The Bertz CT molecular complexity index is 675. The molecule has 23 heavy (non-hydrogen) atoms. The van der Waals surface area contributed by atoms with Crippen LogP contribution in [-0.2, 0) is 19.4 Å². The number of hydrogen-bond acceptors (Lipinski definition) is 5. The maximum Gasteiger partial charge on any atom is 0.151 e. The molecule has 5 heteroatoms. The first-order valence-corrected chi connectivity index (χ1v) is 8.64. The van der Waals surface area contributed by atoms with E-state index in [-0.39, 0.29) is 0 Å². The fourth-order valence-electron chi connectivity index (χ4n) is 3.50. The van der Waals surface area contributed by atoms with Gasteiger partial charge in [0.15, 0.2) is 5.82 Å². The number of nitrogens with zero attached hydrogens (tertiary/aromatic N) is 3. The number of furan rings is 1. The highest BCUT2D eigenvalue weighted by Gasteiger charge is 2.28. The maximum atomic E-state index is 5.57. The second-order valence-electron chi connectivity index (χ2n) is 6.80. The predicted octanol–water partition coefficient (Wildman–Crippen LogP) is 2.48. The molecule has 4 rings (SSSR count). The van der Waals surface area contributed by atoms with E-state index in [9.17, 15) is 0 Å². The molecule has 122 valence electrons. The topological polar surface area (TPSA) is 54.2 Å². The second kappa shape index (κ2) is 6.32. The van der Waals surface area contributed by atoms with E-state index in [2.05, 4.69) is 26.5 Å². The number of aryl methyl sites for hydroxylation is 3. The normalized spacial score (nSPS) is 17.9. The van der Waals surface area contributed by atoms with Gasteiger partial charge in [-0.25, -0.2) is 0 Å². The molecule has 1 saturated heterocycles. The molecule has 1 fully saturated rings. The lowest BCUT2D eigenvalue weighted by molar-refractivity contribution is 0.369. The fraction of sp³-hybridized carbons (Fsp3) is 0.556. The van der Waals surface area contributed by atoms with Gasteiger partial charge >= 0.3 is 0 Å². The van der Waals surface area contributed by atoms with Crippen molar-refractivity contribution in [3.8, 4) is 0 Å². The lowest BCUT2D eigenvalue weighted by Crippen LogP contribution is -2.51. The van der Waals surface area contributed by atoms with E-state index in [0.717, 1.165) is 49.9 Å². The van der Waals surface area contributed by atoms with Gasteiger partial charge in [-0.1, -0.05) is 0 Å². The molecule has 0 radical (unpaired) electrons. The van der Waals surface area contributed by atoms with Gasteiger partial charge in [0.05, 0.1) is 12.2 Å². The summed E-state index contributed by atoms with van der Waals surface area (Å²) in [5, 5.41) is 12.3. The zero-order valence-electron chi connectivity index (χ0n) is 13.7. The standard InChI is InChI=1S/C18H24N4O/c1-13-6-7-16(23-13)10-19-9-14-11-22(12-14)18-8-15-4-2-3-5-17(15)20-21-18/h6-8,14,19H,2-5,9-12H2,1H3. The van der Waals surface area contributed by atoms with Gasteiger partial charge in [-0.15, -0.1) is 5.10 Å². The van der Waals surface area contributed by atoms with Crippen molar-refractivity contribution >= 4 is 5.82 Å². The van der Waals surface area contributed by atoms with Crippen LogP contribution < -0.4 is 10.2 Å². The summed E-state index contributed by atoms with van der Waals surface area (Å²) in [6.45, 7) is 5.94. The van der Waals surface area contributed by atoms with Crippen LogP contribution in [0.25, 0.3) is 0 Å². The van der Waals surface area contributed by atoms with Crippen molar-refractivity contribution in [2.75, 3.05) is 24.5 Å². The van der Waals surface area contributed by atoms with Crippen molar-refractivity contribution in [3.63, 3.8) is 0 Å². The molecule has 0 amide bonds. The van der Waals surface area contributed by atoms with Crippen LogP contribution in [0.1, 0.15) is 35.6 Å². The molecule has 2 aliphatic rings. The van der Waals surface area contributed by atoms with Crippen molar-refractivity contribution in [3.05, 3.63) is 41.0 Å². The molecule has 1 aliphatic heterocycles. The Morgan fingerprint density at radius 3 is 2.91 bits per heavy atom. The van der Waals surface area contributed by atoms with Gasteiger partial charge < -0.3 is 14.6 Å². The second-order valence-corrected chi connectivity index (χ2v) is 6.80. The monoisotopic (exact) mass is 312 g/mol. The molecular formula is C18H24N4O. The molecule has 1 aliphatic carbocycles. The Morgan fingerprint density at radius 2 is 2.09 bits per heavy atom. The summed E-state index contributed by atoms with van der Waals surface area (Å²) in [6, 6.07) is 6.31. The summed E-state index contributed by atoms with van der Waals surface area (Å²) in [5.41, 5.74) is 2.63. The van der Waals surface area contributed by atoms with Crippen LogP contribution in [0.2, 0.25) is 0 Å². The molecule has 0 spiro atoms. The first kappa shape index (κ1) is 14.7. The average molecular weight is 312 g/mol. The number of hydrogen-bond donors (Lipinski definition) is 1. The summed E-state index contributed by atoms with van der Waals surface area (Å²) >= 11 is 0. The summed E-state index contributed by atoms with van der Waals surface area (Å²) in [7, 11) is 0. The minimum Gasteiger partial charge on any atom is -0.465 e. The molecule has 0 aromatic carbocycles. The fourth-order valence-corrected chi connectivity index (χ4v) is 3.50. The molecule has 3 heterocycles. The van der Waals surface area contributed by atoms with Crippen molar-refractivity contribution in [2.24, 2.45) is 5.92 Å². The van der Waals surface area contributed by atoms with Gasteiger partial charge in [0, 0.05) is 25.6 Å². The van der Waals surface area contributed by atoms with Crippen LogP contribution in [0.5, 0.6) is 0 Å². The molecule has 0 bridgehead atoms. The largest absolute Gasteiger partial charge is 0.465 e. The smallest absolute Gasteiger partial charge is 0.151 e. The average Bonchev–Trinajstić information content (AvgIpc) is 2.94. The maximum absolute atomic E-state index is 5.57. The molecule has 0 unspecified atom stereocenters. The third-order valence-electron chi connectivity index (χ3n) is 4.87. The van der Waals surface area contributed by atoms with Gasteiger partial charge in [-0.05, 0) is 56.4 Å². The third kappa shape index (κ3) is 3.24. The summed E-state index contributed by atoms with van der Waals surface area (Å²) < 4.78 is 5.57. The Morgan fingerprint density at radius 1 is 1.22 bits per heavy atom. The summed E-state index contributed by atoms with van der Waals surface area (Å²) in [5.74, 6) is 3.73. The highest BCUT2D eigenvalue weighted by molar-refractivity contribution is 5.44. The van der Waals surface area contributed by atoms with Gasteiger partial charge in [0.25, 0.3) is 0 Å².